The normalized spacial score (nSPS) is 46.4. The van der Waals surface area contributed by atoms with Gasteiger partial charge in [0.2, 0.25) is 0 Å². The smallest absolute Gasteiger partial charge is 0.111 e. The summed E-state index contributed by atoms with van der Waals surface area (Å²) in [6.45, 7) is 1.69. The van der Waals surface area contributed by atoms with Crippen LogP contribution in [0.3, 0.4) is 0 Å². The van der Waals surface area contributed by atoms with Gasteiger partial charge in [0.25, 0.3) is 0 Å². The number of hydrogen-bond donors (Lipinski definition) is 3. The van der Waals surface area contributed by atoms with Crippen LogP contribution in [-0.4, -0.2) is 57.8 Å². The van der Waals surface area contributed by atoms with Crippen LogP contribution in [0.1, 0.15) is 6.92 Å². The van der Waals surface area contributed by atoms with Crippen LogP contribution in [0.5, 0.6) is 0 Å². The highest BCUT2D eigenvalue weighted by atomic mass is 32.2. The second-order valence-corrected chi connectivity index (χ2v) is 4.22. The van der Waals surface area contributed by atoms with E-state index < -0.39 is 24.4 Å². The second-order valence-electron chi connectivity index (χ2n) is 3.31. The predicted octanol–water partition coefficient (Wildman–Crippen LogP) is -0.781. The van der Waals surface area contributed by atoms with E-state index in [-0.39, 0.29) is 6.10 Å². The van der Waals surface area contributed by atoms with Crippen LogP contribution >= 0.6 is 11.8 Å². The molecular weight excluding hydrogens is 192 g/mol. The molecule has 1 aliphatic rings. The molecule has 0 saturated carbocycles. The maximum absolute atomic E-state index is 9.51. The van der Waals surface area contributed by atoms with E-state index >= 15 is 0 Å². The van der Waals surface area contributed by atoms with E-state index in [0.29, 0.717) is 5.75 Å². The van der Waals surface area contributed by atoms with Gasteiger partial charge in [0, 0.05) is 5.75 Å². The predicted molar refractivity (Wildman–Crippen MR) is 50.7 cm³/mol. The van der Waals surface area contributed by atoms with Gasteiger partial charge in [-0.3, -0.25) is 0 Å². The van der Waals surface area contributed by atoms with Crippen molar-refractivity contribution in [2.45, 2.75) is 37.4 Å². The quantitative estimate of drug-likeness (QED) is 0.555. The van der Waals surface area contributed by atoms with E-state index in [1.165, 1.54) is 11.8 Å². The molecule has 13 heavy (non-hydrogen) atoms. The van der Waals surface area contributed by atoms with E-state index in [1.807, 2.05) is 6.26 Å². The number of aliphatic hydroxyl groups excluding tert-OH is 3. The lowest BCUT2D eigenvalue weighted by Gasteiger charge is -2.39. The molecule has 0 aromatic heterocycles. The third-order valence-electron chi connectivity index (χ3n) is 2.28. The first kappa shape index (κ1) is 11.3. The summed E-state index contributed by atoms with van der Waals surface area (Å²) in [6, 6.07) is 0. The summed E-state index contributed by atoms with van der Waals surface area (Å²) in [4.78, 5) is 0. The van der Waals surface area contributed by atoms with Gasteiger partial charge < -0.3 is 20.1 Å². The molecule has 2 unspecified atom stereocenters. The van der Waals surface area contributed by atoms with Gasteiger partial charge >= 0.3 is 0 Å². The second kappa shape index (κ2) is 4.61. The summed E-state index contributed by atoms with van der Waals surface area (Å²) >= 11 is 1.54. The van der Waals surface area contributed by atoms with Crippen molar-refractivity contribution in [2.24, 2.45) is 0 Å². The van der Waals surface area contributed by atoms with Gasteiger partial charge in [-0.15, -0.1) is 0 Å². The molecule has 1 saturated heterocycles. The minimum Gasteiger partial charge on any atom is -0.388 e. The Hall–Kier alpha value is 0.190. The molecule has 0 aromatic rings. The molecule has 0 spiro atoms. The molecule has 0 aliphatic carbocycles. The Kier molecular flexibility index (Phi) is 4.00. The summed E-state index contributed by atoms with van der Waals surface area (Å²) in [5.41, 5.74) is 0. The highest BCUT2D eigenvalue weighted by Gasteiger charge is 2.41. The van der Waals surface area contributed by atoms with Gasteiger partial charge in [0.1, 0.15) is 18.3 Å². The van der Waals surface area contributed by atoms with Gasteiger partial charge in [0.15, 0.2) is 0 Å². The van der Waals surface area contributed by atoms with Crippen LogP contribution in [0.25, 0.3) is 0 Å². The first-order chi connectivity index (χ1) is 6.07. The molecule has 5 heteroatoms. The Bertz CT molecular complexity index is 166. The lowest BCUT2D eigenvalue weighted by Crippen LogP contribution is -2.57. The molecule has 78 valence electrons. The van der Waals surface area contributed by atoms with E-state index in [1.54, 1.807) is 6.92 Å². The zero-order chi connectivity index (χ0) is 10.0. The highest BCUT2D eigenvalue weighted by molar-refractivity contribution is 7.98. The van der Waals surface area contributed by atoms with Crippen molar-refractivity contribution in [1.82, 2.24) is 0 Å². The Labute approximate surface area is 81.9 Å². The molecule has 1 rings (SSSR count). The number of rotatable bonds is 2. The maximum atomic E-state index is 9.51. The first-order valence-electron chi connectivity index (χ1n) is 4.26. The van der Waals surface area contributed by atoms with Crippen LogP contribution in [0, 0.1) is 0 Å². The Morgan fingerprint density at radius 2 is 1.77 bits per heavy atom. The minimum atomic E-state index is -1.10. The zero-order valence-electron chi connectivity index (χ0n) is 7.75. The van der Waals surface area contributed by atoms with Gasteiger partial charge in [-0.25, -0.2) is 0 Å². The lowest BCUT2D eigenvalue weighted by atomic mass is 9.96. The average Bonchev–Trinajstić information content (AvgIpc) is 2.11. The molecule has 0 aromatic carbocycles. The summed E-state index contributed by atoms with van der Waals surface area (Å²) in [6.07, 6.45) is -1.98. The van der Waals surface area contributed by atoms with Crippen molar-refractivity contribution in [2.75, 3.05) is 12.0 Å². The molecule has 1 aliphatic heterocycles. The number of hydrogen-bond acceptors (Lipinski definition) is 5. The average molecular weight is 208 g/mol. The molecule has 0 bridgehead atoms. The van der Waals surface area contributed by atoms with Crippen molar-refractivity contribution in [3.8, 4) is 0 Å². The summed E-state index contributed by atoms with van der Waals surface area (Å²) in [5.74, 6) is 0.620. The molecule has 5 atom stereocenters. The van der Waals surface area contributed by atoms with E-state index in [0.717, 1.165) is 0 Å². The van der Waals surface area contributed by atoms with E-state index in [9.17, 15) is 15.3 Å². The topological polar surface area (TPSA) is 69.9 Å². The van der Waals surface area contributed by atoms with Crippen LogP contribution in [-0.2, 0) is 4.74 Å². The fourth-order valence-electron chi connectivity index (χ4n) is 1.44. The largest absolute Gasteiger partial charge is 0.388 e. The number of thioether (sulfide) groups is 1. The fraction of sp³-hybridized carbons (Fsp3) is 1.00. The monoisotopic (exact) mass is 208 g/mol. The SMILES string of the molecule is CSCC1O[C@@H](C)C(O)[C@@H](O)[C@H]1O. The van der Waals surface area contributed by atoms with Crippen LogP contribution < -0.4 is 0 Å². The standard InChI is InChI=1S/C8H16O4S/c1-4-6(9)8(11)7(10)5(12-4)3-13-2/h4-11H,3H2,1-2H3/t4-,5?,6?,7-,8+/m0/s1. The lowest BCUT2D eigenvalue weighted by molar-refractivity contribution is -0.210. The molecule has 0 radical (unpaired) electrons. The van der Waals surface area contributed by atoms with Gasteiger partial charge in [-0.1, -0.05) is 0 Å². The van der Waals surface area contributed by atoms with Gasteiger partial charge in [-0.05, 0) is 13.2 Å². The van der Waals surface area contributed by atoms with Crippen LogP contribution in [0.4, 0.5) is 0 Å². The number of ether oxygens (including phenoxy) is 1. The van der Waals surface area contributed by atoms with E-state index in [4.69, 9.17) is 4.74 Å². The third-order valence-corrected chi connectivity index (χ3v) is 2.94. The van der Waals surface area contributed by atoms with E-state index in [2.05, 4.69) is 0 Å². The molecule has 4 nitrogen and oxygen atoms in total. The van der Waals surface area contributed by atoms with Crippen molar-refractivity contribution in [3.63, 3.8) is 0 Å². The molecule has 3 N–H and O–H groups in total. The first-order valence-corrected chi connectivity index (χ1v) is 5.66. The molecular formula is C8H16O4S. The third kappa shape index (κ3) is 2.35. The Balaban J connectivity index is 2.59. The zero-order valence-corrected chi connectivity index (χ0v) is 8.57. The molecule has 1 heterocycles. The van der Waals surface area contributed by atoms with Crippen molar-refractivity contribution >= 4 is 11.8 Å². The number of aliphatic hydroxyl groups is 3. The maximum Gasteiger partial charge on any atom is 0.111 e. The molecule has 0 amide bonds. The highest BCUT2D eigenvalue weighted by Crippen LogP contribution is 2.22. The van der Waals surface area contributed by atoms with Crippen LogP contribution in [0.2, 0.25) is 0 Å². The van der Waals surface area contributed by atoms with Crippen LogP contribution in [0.15, 0.2) is 0 Å². The van der Waals surface area contributed by atoms with Gasteiger partial charge in [0.05, 0.1) is 12.2 Å². The molecule has 1 fully saturated rings. The summed E-state index contributed by atoms with van der Waals surface area (Å²) in [5, 5.41) is 28.3. The summed E-state index contributed by atoms with van der Waals surface area (Å²) < 4.78 is 5.34. The Morgan fingerprint density at radius 1 is 1.15 bits per heavy atom. The minimum absolute atomic E-state index is 0.386. The van der Waals surface area contributed by atoms with Crippen molar-refractivity contribution in [3.05, 3.63) is 0 Å². The summed E-state index contributed by atoms with van der Waals surface area (Å²) in [7, 11) is 0. The van der Waals surface area contributed by atoms with Crippen molar-refractivity contribution in [1.29, 1.82) is 0 Å². The van der Waals surface area contributed by atoms with Crippen molar-refractivity contribution < 1.29 is 20.1 Å². The van der Waals surface area contributed by atoms with Gasteiger partial charge in [-0.2, -0.15) is 11.8 Å². The fourth-order valence-corrected chi connectivity index (χ4v) is 2.04. The Morgan fingerprint density at radius 3 is 2.31 bits per heavy atom.